The zero-order valence-electron chi connectivity index (χ0n) is 12.0. The molecule has 1 atom stereocenters. The van der Waals surface area contributed by atoms with E-state index >= 15 is 0 Å². The van der Waals surface area contributed by atoms with Crippen LogP contribution < -0.4 is 10.5 Å². The summed E-state index contributed by atoms with van der Waals surface area (Å²) in [6.45, 7) is 1.67. The van der Waals surface area contributed by atoms with E-state index in [1.807, 2.05) is 0 Å². The van der Waals surface area contributed by atoms with Crippen LogP contribution in [0.4, 0.5) is 19.0 Å². The van der Waals surface area contributed by atoms with Gasteiger partial charge < -0.3 is 5.32 Å². The summed E-state index contributed by atoms with van der Waals surface area (Å²) in [5.41, 5.74) is -0.267. The number of nitrogens with zero attached hydrogens (tertiary/aromatic N) is 1. The van der Waals surface area contributed by atoms with Gasteiger partial charge >= 0.3 is 6.18 Å². The molecule has 3 N–H and O–H groups in total. The standard InChI is InChI=1S/C14H14F3N3O2S/c1-9(10-3-2-4-12(7-10)23(18,21)22)20-13-8-11(5-6-19-13)14(15,16)17/h2-9H,1H3,(H,19,20)(H2,18,21,22). The van der Waals surface area contributed by atoms with Crippen molar-refractivity contribution in [1.29, 1.82) is 0 Å². The van der Waals surface area contributed by atoms with Crippen molar-refractivity contribution < 1.29 is 21.6 Å². The molecule has 1 heterocycles. The van der Waals surface area contributed by atoms with Crippen molar-refractivity contribution in [3.8, 4) is 0 Å². The van der Waals surface area contributed by atoms with Crippen molar-refractivity contribution in [2.45, 2.75) is 24.0 Å². The molecule has 9 heteroatoms. The highest BCUT2D eigenvalue weighted by molar-refractivity contribution is 7.89. The van der Waals surface area contributed by atoms with Gasteiger partial charge in [0, 0.05) is 12.2 Å². The van der Waals surface area contributed by atoms with E-state index in [4.69, 9.17) is 5.14 Å². The molecule has 1 aromatic heterocycles. The molecule has 0 fully saturated rings. The molecular formula is C14H14F3N3O2S. The number of primary sulfonamides is 1. The third-order valence-corrected chi connectivity index (χ3v) is 4.05. The monoisotopic (exact) mass is 345 g/mol. The first kappa shape index (κ1) is 17.2. The molecule has 2 aromatic rings. The smallest absolute Gasteiger partial charge is 0.364 e. The Morgan fingerprint density at radius 1 is 1.22 bits per heavy atom. The van der Waals surface area contributed by atoms with Gasteiger partial charge in [-0.3, -0.25) is 0 Å². The van der Waals surface area contributed by atoms with Gasteiger partial charge in [-0.2, -0.15) is 13.2 Å². The fourth-order valence-electron chi connectivity index (χ4n) is 1.95. The van der Waals surface area contributed by atoms with Gasteiger partial charge in [0.1, 0.15) is 5.82 Å². The van der Waals surface area contributed by atoms with Crippen LogP contribution in [0.3, 0.4) is 0 Å². The van der Waals surface area contributed by atoms with Crippen LogP contribution in [0.5, 0.6) is 0 Å². The Bertz CT molecular complexity index is 807. The molecule has 0 aliphatic carbocycles. The van der Waals surface area contributed by atoms with Crippen molar-refractivity contribution in [3.63, 3.8) is 0 Å². The van der Waals surface area contributed by atoms with Crippen molar-refractivity contribution in [2.75, 3.05) is 5.32 Å². The van der Waals surface area contributed by atoms with Crippen LogP contribution in [0.25, 0.3) is 0 Å². The highest BCUT2D eigenvalue weighted by Crippen LogP contribution is 2.30. The number of benzene rings is 1. The lowest BCUT2D eigenvalue weighted by molar-refractivity contribution is -0.137. The number of halogens is 3. The summed E-state index contributed by atoms with van der Waals surface area (Å²) < 4.78 is 60.7. The topological polar surface area (TPSA) is 85.1 Å². The Hall–Kier alpha value is -2.13. The van der Waals surface area contributed by atoms with Crippen LogP contribution >= 0.6 is 0 Å². The van der Waals surface area contributed by atoms with Gasteiger partial charge in [-0.1, -0.05) is 12.1 Å². The minimum absolute atomic E-state index is 0.0355. The fourth-order valence-corrected chi connectivity index (χ4v) is 2.52. The summed E-state index contributed by atoms with van der Waals surface area (Å²) in [6.07, 6.45) is -3.41. The molecule has 0 radical (unpaired) electrons. The quantitative estimate of drug-likeness (QED) is 0.892. The molecule has 0 amide bonds. The van der Waals surface area contributed by atoms with Gasteiger partial charge in [-0.15, -0.1) is 0 Å². The number of aromatic nitrogens is 1. The van der Waals surface area contributed by atoms with E-state index < -0.39 is 27.8 Å². The lowest BCUT2D eigenvalue weighted by Crippen LogP contribution is -2.14. The predicted octanol–water partition coefficient (Wildman–Crippen LogP) is 2.92. The molecule has 0 bridgehead atoms. The zero-order chi connectivity index (χ0) is 17.3. The summed E-state index contributed by atoms with van der Waals surface area (Å²) in [7, 11) is -3.85. The highest BCUT2D eigenvalue weighted by Gasteiger charge is 2.30. The number of alkyl halides is 3. The molecule has 0 spiro atoms. The predicted molar refractivity (Wildman–Crippen MR) is 79.1 cm³/mol. The first-order valence-electron chi connectivity index (χ1n) is 6.50. The number of hydrogen-bond donors (Lipinski definition) is 2. The third kappa shape index (κ3) is 4.42. The molecule has 0 saturated heterocycles. The number of hydrogen-bond acceptors (Lipinski definition) is 4. The third-order valence-electron chi connectivity index (χ3n) is 3.14. The Kier molecular flexibility index (Phi) is 4.62. The maximum Gasteiger partial charge on any atom is 0.416 e. The molecule has 5 nitrogen and oxygen atoms in total. The van der Waals surface area contributed by atoms with Gasteiger partial charge in [0.05, 0.1) is 10.5 Å². The molecule has 0 saturated carbocycles. The summed E-state index contributed by atoms with van der Waals surface area (Å²) in [4.78, 5) is 3.77. The van der Waals surface area contributed by atoms with Crippen molar-refractivity contribution in [3.05, 3.63) is 53.7 Å². The maximum atomic E-state index is 12.7. The Balaban J connectivity index is 2.25. The Morgan fingerprint density at radius 3 is 2.52 bits per heavy atom. The van der Waals surface area contributed by atoms with Crippen molar-refractivity contribution >= 4 is 15.8 Å². The molecule has 1 unspecified atom stereocenters. The molecule has 0 aliphatic rings. The summed E-state index contributed by atoms with van der Waals surface area (Å²) >= 11 is 0. The van der Waals surface area contributed by atoms with Crippen LogP contribution in [0.2, 0.25) is 0 Å². The number of nitrogens with two attached hydrogens (primary N) is 1. The van der Waals surface area contributed by atoms with Crippen LogP contribution in [-0.2, 0) is 16.2 Å². The first-order chi connectivity index (χ1) is 10.6. The van der Waals surface area contributed by atoms with Gasteiger partial charge in [0.25, 0.3) is 0 Å². The fraction of sp³-hybridized carbons (Fsp3) is 0.214. The van der Waals surface area contributed by atoms with Crippen LogP contribution in [0, 0.1) is 0 Å². The van der Waals surface area contributed by atoms with Gasteiger partial charge in [-0.25, -0.2) is 18.5 Å². The lowest BCUT2D eigenvalue weighted by Gasteiger charge is -2.16. The van der Waals surface area contributed by atoms with Gasteiger partial charge in [0.15, 0.2) is 0 Å². The summed E-state index contributed by atoms with van der Waals surface area (Å²) in [5, 5.41) is 7.86. The second-order valence-electron chi connectivity index (χ2n) is 4.91. The second kappa shape index (κ2) is 6.17. The largest absolute Gasteiger partial charge is 0.416 e. The molecule has 124 valence electrons. The molecule has 2 rings (SSSR count). The number of nitrogens with one attached hydrogen (secondary N) is 1. The van der Waals surface area contributed by atoms with E-state index in [0.29, 0.717) is 5.56 Å². The minimum Gasteiger partial charge on any atom is -0.364 e. The minimum atomic E-state index is -4.46. The SMILES string of the molecule is CC(Nc1cc(C(F)(F)F)ccn1)c1cccc(S(N)(=O)=O)c1. The van der Waals surface area contributed by atoms with Crippen LogP contribution in [0.1, 0.15) is 24.1 Å². The average Bonchev–Trinajstić information content (AvgIpc) is 2.46. The Labute approximate surface area is 131 Å². The number of sulfonamides is 1. The molecule has 0 aliphatic heterocycles. The highest BCUT2D eigenvalue weighted by atomic mass is 32.2. The van der Waals surface area contributed by atoms with E-state index in [9.17, 15) is 21.6 Å². The normalized spacial score (nSPS) is 13.6. The summed E-state index contributed by atoms with van der Waals surface area (Å²) in [5.74, 6) is 0.0355. The zero-order valence-corrected chi connectivity index (χ0v) is 12.8. The molecule has 23 heavy (non-hydrogen) atoms. The average molecular weight is 345 g/mol. The van der Waals surface area contributed by atoms with Gasteiger partial charge in [0.2, 0.25) is 10.0 Å². The van der Waals surface area contributed by atoms with E-state index in [2.05, 4.69) is 10.3 Å². The van der Waals surface area contributed by atoms with Crippen LogP contribution in [-0.4, -0.2) is 13.4 Å². The van der Waals surface area contributed by atoms with E-state index in [-0.39, 0.29) is 10.7 Å². The maximum absolute atomic E-state index is 12.7. The number of pyridine rings is 1. The molecule has 1 aromatic carbocycles. The molecular weight excluding hydrogens is 331 g/mol. The van der Waals surface area contributed by atoms with Crippen molar-refractivity contribution in [1.82, 2.24) is 4.98 Å². The van der Waals surface area contributed by atoms with Crippen LogP contribution in [0.15, 0.2) is 47.5 Å². The number of anilines is 1. The van der Waals surface area contributed by atoms with E-state index in [1.54, 1.807) is 13.0 Å². The first-order valence-corrected chi connectivity index (χ1v) is 8.04. The van der Waals surface area contributed by atoms with Gasteiger partial charge in [-0.05, 0) is 36.8 Å². The summed E-state index contributed by atoms with van der Waals surface area (Å²) in [6, 6.07) is 7.14. The Morgan fingerprint density at radius 2 is 1.91 bits per heavy atom. The van der Waals surface area contributed by atoms with E-state index in [1.165, 1.54) is 18.2 Å². The lowest BCUT2D eigenvalue weighted by atomic mass is 10.1. The number of rotatable bonds is 4. The van der Waals surface area contributed by atoms with Crippen molar-refractivity contribution in [2.24, 2.45) is 5.14 Å². The van der Waals surface area contributed by atoms with E-state index in [0.717, 1.165) is 18.3 Å². The second-order valence-corrected chi connectivity index (χ2v) is 6.47.